The Balaban J connectivity index is 2.12. The van der Waals surface area contributed by atoms with Crippen molar-refractivity contribution in [1.29, 1.82) is 0 Å². The number of rotatable bonds is 5. The van der Waals surface area contributed by atoms with Gasteiger partial charge in [0.2, 0.25) is 0 Å². The summed E-state index contributed by atoms with van der Waals surface area (Å²) in [5, 5.41) is 4.53. The smallest absolute Gasteiger partial charge is 0.341 e. The largest absolute Gasteiger partial charge is 0.462 e. The molecule has 0 saturated heterocycles. The number of hydrogen-bond acceptors (Lipinski definition) is 4. The molecule has 0 bridgehead atoms. The van der Waals surface area contributed by atoms with E-state index < -0.39 is 17.6 Å². The maximum absolute atomic E-state index is 14.1. The summed E-state index contributed by atoms with van der Waals surface area (Å²) in [6, 6.07) is 10.4. The van der Waals surface area contributed by atoms with Crippen LogP contribution in [0.5, 0.6) is 0 Å². The van der Waals surface area contributed by atoms with E-state index in [4.69, 9.17) is 16.3 Å². The first kappa shape index (κ1) is 18.8. The minimum absolute atomic E-state index is 0.0727. The first-order valence-electron chi connectivity index (χ1n) is 8.25. The first-order chi connectivity index (χ1) is 12.9. The molecule has 7 heteroatoms. The maximum atomic E-state index is 14.1. The molecule has 3 rings (SSSR count). The highest BCUT2D eigenvalue weighted by Crippen LogP contribution is 2.25. The van der Waals surface area contributed by atoms with E-state index in [-0.39, 0.29) is 23.3 Å². The van der Waals surface area contributed by atoms with Crippen LogP contribution in [-0.2, 0) is 4.74 Å². The van der Waals surface area contributed by atoms with E-state index in [0.29, 0.717) is 16.4 Å². The minimum atomic E-state index is -0.627. The maximum Gasteiger partial charge on any atom is 0.341 e. The van der Waals surface area contributed by atoms with Crippen LogP contribution in [0.1, 0.15) is 38.9 Å². The second kappa shape index (κ2) is 7.72. The van der Waals surface area contributed by atoms with Crippen LogP contribution >= 0.6 is 11.6 Å². The summed E-state index contributed by atoms with van der Waals surface area (Å²) in [4.78, 5) is 25.0. The third-order valence-corrected chi connectivity index (χ3v) is 4.29. The molecule has 1 aromatic heterocycles. The molecule has 0 radical (unpaired) electrons. The number of halogens is 2. The zero-order chi connectivity index (χ0) is 19.6. The van der Waals surface area contributed by atoms with Crippen LogP contribution in [0.25, 0.3) is 5.69 Å². The summed E-state index contributed by atoms with van der Waals surface area (Å²) in [7, 11) is 0. The highest BCUT2D eigenvalue weighted by atomic mass is 35.5. The van der Waals surface area contributed by atoms with Crippen molar-refractivity contribution in [2.24, 2.45) is 0 Å². The molecule has 0 saturated carbocycles. The second-order valence-electron chi connectivity index (χ2n) is 5.75. The number of hydrogen-bond donors (Lipinski definition) is 0. The van der Waals surface area contributed by atoms with Crippen LogP contribution in [-0.4, -0.2) is 28.1 Å². The highest BCUT2D eigenvalue weighted by Gasteiger charge is 2.22. The predicted octanol–water partition coefficient (Wildman–Crippen LogP) is 4.38. The number of nitrogens with zero attached hydrogens (tertiary/aromatic N) is 2. The molecule has 0 aliphatic carbocycles. The molecule has 0 N–H and O–H groups in total. The molecule has 0 unspecified atom stereocenters. The van der Waals surface area contributed by atoms with Crippen LogP contribution in [0, 0.1) is 12.7 Å². The van der Waals surface area contributed by atoms with Crippen molar-refractivity contribution < 1.29 is 18.7 Å². The van der Waals surface area contributed by atoms with Gasteiger partial charge in [-0.2, -0.15) is 5.10 Å². The van der Waals surface area contributed by atoms with Crippen molar-refractivity contribution in [2.45, 2.75) is 13.8 Å². The second-order valence-corrected chi connectivity index (χ2v) is 6.18. The van der Waals surface area contributed by atoms with E-state index in [1.165, 1.54) is 35.1 Å². The number of esters is 1. The Morgan fingerprint density at radius 3 is 2.59 bits per heavy atom. The normalized spacial score (nSPS) is 10.7. The van der Waals surface area contributed by atoms with E-state index in [9.17, 15) is 14.0 Å². The lowest BCUT2D eigenvalue weighted by atomic mass is 10.0. The van der Waals surface area contributed by atoms with Crippen molar-refractivity contribution in [3.63, 3.8) is 0 Å². The molecule has 27 heavy (non-hydrogen) atoms. The van der Waals surface area contributed by atoms with Crippen LogP contribution in [0.2, 0.25) is 5.02 Å². The van der Waals surface area contributed by atoms with Gasteiger partial charge in [-0.1, -0.05) is 23.7 Å². The number of ether oxygens (including phenoxy) is 1. The fourth-order valence-corrected chi connectivity index (χ4v) is 2.90. The van der Waals surface area contributed by atoms with E-state index in [1.54, 1.807) is 32.0 Å². The van der Waals surface area contributed by atoms with Crippen molar-refractivity contribution in [3.8, 4) is 5.69 Å². The highest BCUT2D eigenvalue weighted by molar-refractivity contribution is 6.31. The van der Waals surface area contributed by atoms with E-state index in [0.717, 1.165) is 0 Å². The van der Waals surface area contributed by atoms with Crippen molar-refractivity contribution in [3.05, 3.63) is 81.9 Å². The van der Waals surface area contributed by atoms with Crippen molar-refractivity contribution in [2.75, 3.05) is 6.61 Å². The lowest BCUT2D eigenvalue weighted by molar-refractivity contribution is 0.0525. The molecule has 0 aliphatic heterocycles. The Morgan fingerprint density at radius 2 is 1.89 bits per heavy atom. The van der Waals surface area contributed by atoms with E-state index >= 15 is 0 Å². The Kier molecular flexibility index (Phi) is 5.37. The van der Waals surface area contributed by atoms with Gasteiger partial charge in [0.25, 0.3) is 0 Å². The third-order valence-electron chi connectivity index (χ3n) is 4.06. The molecule has 0 fully saturated rings. The van der Waals surface area contributed by atoms with Crippen molar-refractivity contribution >= 4 is 23.4 Å². The molecule has 0 spiro atoms. The minimum Gasteiger partial charge on any atom is -0.462 e. The predicted molar refractivity (Wildman–Crippen MR) is 99.1 cm³/mol. The average Bonchev–Trinajstić information content (AvgIpc) is 3.03. The van der Waals surface area contributed by atoms with Gasteiger partial charge in [-0.25, -0.2) is 13.9 Å². The summed E-state index contributed by atoms with van der Waals surface area (Å²) in [5.41, 5.74) is 1.28. The average molecular weight is 387 g/mol. The molecule has 0 amide bonds. The van der Waals surface area contributed by atoms with Gasteiger partial charge in [0.05, 0.1) is 29.7 Å². The molecular weight excluding hydrogens is 371 g/mol. The number of aromatic nitrogens is 2. The van der Waals surface area contributed by atoms with Crippen LogP contribution in [0.4, 0.5) is 4.39 Å². The molecule has 1 heterocycles. The summed E-state index contributed by atoms with van der Waals surface area (Å²) in [6.45, 7) is 3.63. The van der Waals surface area contributed by atoms with Gasteiger partial charge in [0.15, 0.2) is 5.78 Å². The fourth-order valence-electron chi connectivity index (χ4n) is 2.73. The Labute approximate surface area is 160 Å². The number of carbonyl (C=O) groups excluding carboxylic acids is 2. The van der Waals surface area contributed by atoms with Gasteiger partial charge in [0.1, 0.15) is 11.4 Å². The topological polar surface area (TPSA) is 61.2 Å². The van der Waals surface area contributed by atoms with Crippen molar-refractivity contribution in [1.82, 2.24) is 9.78 Å². The van der Waals surface area contributed by atoms with Gasteiger partial charge in [0, 0.05) is 10.6 Å². The standard InChI is InChI=1S/C20H16ClFN2O3/c1-3-27-20(26)16-11-23-24(12(16)2)18-9-8-13(21)10-15(18)19(25)14-6-4-5-7-17(14)22/h4-11H,3H2,1-2H3. The molecule has 0 aliphatic rings. The summed E-state index contributed by atoms with van der Waals surface area (Å²) >= 11 is 6.06. The molecule has 2 aromatic carbocycles. The number of carbonyl (C=O) groups is 2. The first-order valence-corrected chi connectivity index (χ1v) is 8.62. The Hall–Kier alpha value is -2.99. The monoisotopic (exact) mass is 386 g/mol. The van der Waals surface area contributed by atoms with Gasteiger partial charge in [-0.05, 0) is 44.2 Å². The lowest BCUT2D eigenvalue weighted by Gasteiger charge is -2.12. The van der Waals surface area contributed by atoms with Crippen LogP contribution < -0.4 is 0 Å². The van der Waals surface area contributed by atoms with E-state index in [1.807, 2.05) is 0 Å². The van der Waals surface area contributed by atoms with Crippen LogP contribution in [0.15, 0.2) is 48.7 Å². The summed E-state index contributed by atoms with van der Waals surface area (Å²) in [6.07, 6.45) is 1.37. The van der Waals surface area contributed by atoms with Gasteiger partial charge >= 0.3 is 5.97 Å². The zero-order valence-corrected chi connectivity index (χ0v) is 15.5. The fraction of sp³-hybridized carbons (Fsp3) is 0.150. The molecule has 5 nitrogen and oxygen atoms in total. The number of ketones is 1. The summed E-state index contributed by atoms with van der Waals surface area (Å²) < 4.78 is 20.5. The Morgan fingerprint density at radius 1 is 1.15 bits per heavy atom. The van der Waals surface area contributed by atoms with Gasteiger partial charge in [-0.3, -0.25) is 4.79 Å². The molecule has 3 aromatic rings. The zero-order valence-electron chi connectivity index (χ0n) is 14.7. The third kappa shape index (κ3) is 3.61. The van der Waals surface area contributed by atoms with Gasteiger partial charge < -0.3 is 4.74 Å². The SMILES string of the molecule is CCOC(=O)c1cnn(-c2ccc(Cl)cc2C(=O)c2ccccc2F)c1C. The van der Waals surface area contributed by atoms with Crippen LogP contribution in [0.3, 0.4) is 0 Å². The van der Waals surface area contributed by atoms with E-state index in [2.05, 4.69) is 5.10 Å². The lowest BCUT2D eigenvalue weighted by Crippen LogP contribution is -2.12. The quantitative estimate of drug-likeness (QED) is 0.482. The molecule has 0 atom stereocenters. The van der Waals surface area contributed by atoms with Gasteiger partial charge in [-0.15, -0.1) is 0 Å². The number of benzene rings is 2. The summed E-state index contributed by atoms with van der Waals surface area (Å²) in [5.74, 6) is -1.66. The molecular formula is C20H16ClFN2O3. The molecule has 138 valence electrons. The Bertz CT molecular complexity index is 1030.